The van der Waals surface area contributed by atoms with Crippen LogP contribution in [-0.2, 0) is 0 Å². The van der Waals surface area contributed by atoms with Gasteiger partial charge in [-0.15, -0.1) is 0 Å². The molecule has 21 heavy (non-hydrogen) atoms. The molecule has 5 heteroatoms. The smallest absolute Gasteiger partial charge is 0.248 e. The summed E-state index contributed by atoms with van der Waals surface area (Å²) in [7, 11) is 0. The zero-order valence-electron chi connectivity index (χ0n) is 11.5. The summed E-state index contributed by atoms with van der Waals surface area (Å²) in [5.74, 6) is 0.473. The van der Waals surface area contributed by atoms with E-state index in [9.17, 15) is 4.39 Å². The number of halogens is 1. The second-order valence-electron chi connectivity index (χ2n) is 4.81. The first kappa shape index (κ1) is 13.5. The lowest BCUT2D eigenvalue weighted by Gasteiger charge is -2.05. The van der Waals surface area contributed by atoms with Gasteiger partial charge in [0.25, 0.3) is 0 Å². The summed E-state index contributed by atoms with van der Waals surface area (Å²) in [4.78, 5) is 4.30. The highest BCUT2D eigenvalue weighted by molar-refractivity contribution is 5.55. The predicted molar refractivity (Wildman–Crippen MR) is 76.9 cm³/mol. The molecule has 0 aliphatic rings. The highest BCUT2D eigenvalue weighted by atomic mass is 19.1. The number of rotatable bonds is 3. The minimum absolute atomic E-state index is 0.261. The van der Waals surface area contributed by atoms with Crippen molar-refractivity contribution in [3.05, 3.63) is 71.4 Å². The third-order valence-electron chi connectivity index (χ3n) is 3.28. The van der Waals surface area contributed by atoms with Crippen molar-refractivity contribution in [3.8, 4) is 11.4 Å². The van der Waals surface area contributed by atoms with Crippen molar-refractivity contribution >= 4 is 0 Å². The first-order chi connectivity index (χ1) is 10.1. The molecule has 106 valence electrons. The number of aromatic nitrogens is 2. The van der Waals surface area contributed by atoms with Crippen molar-refractivity contribution in [1.82, 2.24) is 10.1 Å². The number of aryl methyl sites for hydroxylation is 1. The molecule has 4 nitrogen and oxygen atoms in total. The fourth-order valence-electron chi connectivity index (χ4n) is 2.07. The Morgan fingerprint density at radius 1 is 1.14 bits per heavy atom. The topological polar surface area (TPSA) is 64.9 Å². The second-order valence-corrected chi connectivity index (χ2v) is 4.81. The molecule has 3 rings (SSSR count). The largest absolute Gasteiger partial charge is 0.337 e. The zero-order chi connectivity index (χ0) is 14.8. The summed E-state index contributed by atoms with van der Waals surface area (Å²) < 4.78 is 18.5. The lowest BCUT2D eigenvalue weighted by molar-refractivity contribution is 0.367. The Labute approximate surface area is 121 Å². The lowest BCUT2D eigenvalue weighted by Crippen LogP contribution is -2.11. The van der Waals surface area contributed by atoms with Gasteiger partial charge in [0.2, 0.25) is 11.7 Å². The van der Waals surface area contributed by atoms with E-state index in [-0.39, 0.29) is 5.82 Å². The number of hydrogen-bond acceptors (Lipinski definition) is 4. The molecule has 2 aromatic carbocycles. The molecule has 0 spiro atoms. The first-order valence-corrected chi connectivity index (χ1v) is 6.56. The first-order valence-electron chi connectivity index (χ1n) is 6.56. The summed E-state index contributed by atoms with van der Waals surface area (Å²) >= 11 is 0. The molecule has 0 bridgehead atoms. The maximum absolute atomic E-state index is 13.3. The van der Waals surface area contributed by atoms with Crippen LogP contribution in [0.1, 0.15) is 23.1 Å². The van der Waals surface area contributed by atoms with Crippen LogP contribution >= 0.6 is 0 Å². The van der Waals surface area contributed by atoms with Crippen LogP contribution in [0.25, 0.3) is 11.4 Å². The van der Waals surface area contributed by atoms with E-state index < -0.39 is 6.04 Å². The van der Waals surface area contributed by atoms with Crippen molar-refractivity contribution in [2.45, 2.75) is 13.0 Å². The van der Waals surface area contributed by atoms with Crippen LogP contribution in [-0.4, -0.2) is 10.1 Å². The Bertz CT molecular complexity index is 755. The summed E-state index contributed by atoms with van der Waals surface area (Å²) in [6, 6.07) is 13.7. The maximum Gasteiger partial charge on any atom is 0.248 e. The molecule has 0 saturated carbocycles. The molecular weight excluding hydrogens is 269 g/mol. The Morgan fingerprint density at radius 3 is 2.62 bits per heavy atom. The third kappa shape index (κ3) is 2.68. The monoisotopic (exact) mass is 283 g/mol. The van der Waals surface area contributed by atoms with Gasteiger partial charge in [0.15, 0.2) is 0 Å². The van der Waals surface area contributed by atoms with Gasteiger partial charge in [-0.2, -0.15) is 4.98 Å². The van der Waals surface area contributed by atoms with Crippen molar-refractivity contribution < 1.29 is 8.91 Å². The van der Waals surface area contributed by atoms with Gasteiger partial charge in [-0.3, -0.25) is 0 Å². The highest BCUT2D eigenvalue weighted by Gasteiger charge is 2.17. The Morgan fingerprint density at radius 2 is 1.90 bits per heavy atom. The third-order valence-corrected chi connectivity index (χ3v) is 3.28. The van der Waals surface area contributed by atoms with Gasteiger partial charge in [0, 0.05) is 5.56 Å². The minimum Gasteiger partial charge on any atom is -0.337 e. The van der Waals surface area contributed by atoms with Crippen LogP contribution in [0.5, 0.6) is 0 Å². The standard InChI is InChI=1S/C16H14FN3O/c1-10-9-12(7-8-13(10)17)15-19-16(21-20-15)14(18)11-5-3-2-4-6-11/h2-9,14H,18H2,1H3/t14-/m1/s1. The van der Waals surface area contributed by atoms with E-state index >= 15 is 0 Å². The van der Waals surface area contributed by atoms with Crippen LogP contribution in [0.2, 0.25) is 0 Å². The van der Waals surface area contributed by atoms with E-state index in [1.165, 1.54) is 6.07 Å². The number of nitrogens with two attached hydrogens (primary N) is 1. The molecule has 0 aliphatic heterocycles. The minimum atomic E-state index is -0.478. The fourth-order valence-corrected chi connectivity index (χ4v) is 2.07. The van der Waals surface area contributed by atoms with Gasteiger partial charge in [-0.05, 0) is 36.2 Å². The molecule has 2 N–H and O–H groups in total. The van der Waals surface area contributed by atoms with Crippen molar-refractivity contribution in [2.24, 2.45) is 5.73 Å². The quantitative estimate of drug-likeness (QED) is 0.801. The second kappa shape index (κ2) is 5.46. The molecule has 3 aromatic rings. The average molecular weight is 283 g/mol. The molecule has 1 aromatic heterocycles. The molecule has 0 radical (unpaired) electrons. The van der Waals surface area contributed by atoms with E-state index in [2.05, 4.69) is 10.1 Å². The highest BCUT2D eigenvalue weighted by Crippen LogP contribution is 2.23. The van der Waals surface area contributed by atoms with Crippen LogP contribution < -0.4 is 5.73 Å². The van der Waals surface area contributed by atoms with Gasteiger partial charge in [-0.1, -0.05) is 35.5 Å². The molecule has 1 atom stereocenters. The van der Waals surface area contributed by atoms with Crippen LogP contribution in [0, 0.1) is 12.7 Å². The Hall–Kier alpha value is -2.53. The van der Waals surface area contributed by atoms with Crippen LogP contribution in [0.3, 0.4) is 0 Å². The van der Waals surface area contributed by atoms with Crippen molar-refractivity contribution in [1.29, 1.82) is 0 Å². The normalized spacial score (nSPS) is 12.3. The van der Waals surface area contributed by atoms with E-state index in [0.29, 0.717) is 22.8 Å². The van der Waals surface area contributed by atoms with Gasteiger partial charge in [-0.25, -0.2) is 4.39 Å². The molecule has 0 aliphatic carbocycles. The average Bonchev–Trinajstić information content (AvgIpc) is 3.00. The van der Waals surface area contributed by atoms with Gasteiger partial charge in [0.05, 0.1) is 0 Å². The van der Waals surface area contributed by atoms with Crippen molar-refractivity contribution in [3.63, 3.8) is 0 Å². The van der Waals surface area contributed by atoms with Crippen LogP contribution in [0.4, 0.5) is 4.39 Å². The van der Waals surface area contributed by atoms with Crippen molar-refractivity contribution in [2.75, 3.05) is 0 Å². The SMILES string of the molecule is Cc1cc(-c2noc([C@H](N)c3ccccc3)n2)ccc1F. The number of benzene rings is 2. The van der Waals surface area contributed by atoms with E-state index in [1.54, 1.807) is 19.1 Å². The molecule has 0 saturated heterocycles. The summed E-state index contributed by atoms with van der Waals surface area (Å²) in [5, 5.41) is 3.92. The van der Waals surface area contributed by atoms with Gasteiger partial charge < -0.3 is 10.3 Å². The molecular formula is C16H14FN3O. The Kier molecular flexibility index (Phi) is 3.50. The molecule has 0 amide bonds. The molecule has 0 unspecified atom stereocenters. The number of hydrogen-bond donors (Lipinski definition) is 1. The summed E-state index contributed by atoms with van der Waals surface area (Å²) in [6.45, 7) is 1.69. The molecule has 0 fully saturated rings. The van der Waals surface area contributed by atoms with E-state index in [0.717, 1.165) is 5.56 Å². The molecule has 1 heterocycles. The summed E-state index contributed by atoms with van der Waals surface area (Å²) in [6.07, 6.45) is 0. The van der Waals surface area contributed by atoms with E-state index in [4.69, 9.17) is 10.3 Å². The van der Waals surface area contributed by atoms with Gasteiger partial charge >= 0.3 is 0 Å². The number of nitrogens with zero attached hydrogens (tertiary/aromatic N) is 2. The fraction of sp³-hybridized carbons (Fsp3) is 0.125. The summed E-state index contributed by atoms with van der Waals surface area (Å²) in [5.41, 5.74) is 8.23. The lowest BCUT2D eigenvalue weighted by atomic mass is 10.1. The van der Waals surface area contributed by atoms with Gasteiger partial charge in [0.1, 0.15) is 11.9 Å². The predicted octanol–water partition coefficient (Wildman–Crippen LogP) is 3.23. The zero-order valence-corrected chi connectivity index (χ0v) is 11.5. The van der Waals surface area contributed by atoms with Crippen LogP contribution in [0.15, 0.2) is 53.1 Å². The Balaban J connectivity index is 1.91. The van der Waals surface area contributed by atoms with E-state index in [1.807, 2.05) is 30.3 Å². The maximum atomic E-state index is 13.3.